The first kappa shape index (κ1) is 23.5. The van der Waals surface area contributed by atoms with E-state index in [1.807, 2.05) is 44.2 Å². The van der Waals surface area contributed by atoms with Crippen LogP contribution >= 0.6 is 0 Å². The van der Waals surface area contributed by atoms with Crippen molar-refractivity contribution in [1.82, 2.24) is 5.16 Å². The van der Waals surface area contributed by atoms with Crippen LogP contribution in [-0.2, 0) is 4.79 Å². The number of aromatic nitrogens is 1. The number of benzene rings is 2. The van der Waals surface area contributed by atoms with Crippen LogP contribution in [-0.4, -0.2) is 35.7 Å². The Hall–Kier alpha value is -4.14. The Kier molecular flexibility index (Phi) is 7.80. The quantitative estimate of drug-likeness (QED) is 0.319. The second-order valence-electron chi connectivity index (χ2n) is 6.97. The van der Waals surface area contributed by atoms with Crippen molar-refractivity contribution in [3.63, 3.8) is 0 Å². The molecule has 0 atom stereocenters. The molecule has 0 radical (unpaired) electrons. The van der Waals surface area contributed by atoms with E-state index in [-0.39, 0.29) is 29.7 Å². The fourth-order valence-corrected chi connectivity index (χ4v) is 3.23. The summed E-state index contributed by atoms with van der Waals surface area (Å²) >= 11 is 0. The topological polar surface area (TPSA) is 108 Å². The van der Waals surface area contributed by atoms with Gasteiger partial charge >= 0.3 is 5.69 Å². The summed E-state index contributed by atoms with van der Waals surface area (Å²) < 4.78 is 16.5. The molecule has 0 aliphatic rings. The third-order valence-corrected chi connectivity index (χ3v) is 4.77. The Labute approximate surface area is 191 Å². The van der Waals surface area contributed by atoms with Crippen molar-refractivity contribution in [2.24, 2.45) is 0 Å². The van der Waals surface area contributed by atoms with Gasteiger partial charge in [0.05, 0.1) is 11.5 Å². The summed E-state index contributed by atoms with van der Waals surface area (Å²) in [6.45, 7) is 6.01. The van der Waals surface area contributed by atoms with E-state index in [1.165, 1.54) is 13.0 Å². The number of hydrogen-bond acceptors (Lipinski definition) is 7. The first-order valence-electron chi connectivity index (χ1n) is 10.5. The Morgan fingerprint density at radius 2 is 1.88 bits per heavy atom. The van der Waals surface area contributed by atoms with Crippen LogP contribution in [0.2, 0.25) is 0 Å². The number of aryl methyl sites for hydroxylation is 1. The van der Waals surface area contributed by atoms with E-state index >= 15 is 0 Å². The summed E-state index contributed by atoms with van der Waals surface area (Å²) in [6, 6.07) is 14.6. The normalized spacial score (nSPS) is 10.9. The molecule has 0 unspecified atom stereocenters. The molecule has 0 spiro atoms. The third kappa shape index (κ3) is 5.76. The molecule has 0 saturated carbocycles. The summed E-state index contributed by atoms with van der Waals surface area (Å²) in [7, 11) is 0. The molecule has 172 valence electrons. The van der Waals surface area contributed by atoms with Gasteiger partial charge in [-0.3, -0.25) is 14.9 Å². The van der Waals surface area contributed by atoms with E-state index in [0.29, 0.717) is 30.2 Å². The molecule has 0 aliphatic carbocycles. The molecular formula is C24H25N3O6. The van der Waals surface area contributed by atoms with E-state index in [2.05, 4.69) is 5.16 Å². The minimum atomic E-state index is -0.528. The highest BCUT2D eigenvalue weighted by molar-refractivity contribution is 5.94. The Morgan fingerprint density at radius 1 is 1.12 bits per heavy atom. The van der Waals surface area contributed by atoms with Crippen LogP contribution in [0, 0.1) is 17.0 Å². The summed E-state index contributed by atoms with van der Waals surface area (Å²) in [4.78, 5) is 25.0. The molecule has 0 bridgehead atoms. The van der Waals surface area contributed by atoms with Crippen molar-refractivity contribution in [3.05, 3.63) is 75.7 Å². The zero-order valence-electron chi connectivity index (χ0n) is 18.7. The van der Waals surface area contributed by atoms with Crippen LogP contribution in [0.25, 0.3) is 12.2 Å². The molecule has 0 N–H and O–H groups in total. The number of amides is 1. The van der Waals surface area contributed by atoms with E-state index in [0.717, 1.165) is 5.69 Å². The predicted molar refractivity (Wildman–Crippen MR) is 124 cm³/mol. The molecule has 1 heterocycles. The van der Waals surface area contributed by atoms with Gasteiger partial charge in [-0.1, -0.05) is 35.5 Å². The van der Waals surface area contributed by atoms with Crippen molar-refractivity contribution in [2.45, 2.75) is 20.8 Å². The van der Waals surface area contributed by atoms with Gasteiger partial charge in [-0.25, -0.2) is 0 Å². The Morgan fingerprint density at radius 3 is 2.55 bits per heavy atom. The van der Waals surface area contributed by atoms with Crippen LogP contribution in [0.15, 0.2) is 53.1 Å². The lowest BCUT2D eigenvalue weighted by Gasteiger charge is -2.21. The number of likely N-dealkylation sites (N-methyl/N-ethyl adjacent to an activating group) is 1. The van der Waals surface area contributed by atoms with Crippen molar-refractivity contribution >= 4 is 29.4 Å². The standard InChI is InChI=1S/C24H25N3O6/c1-4-26(19-9-7-6-8-10-19)23(28)16-32-20-13-11-18(15-22(20)31-5-2)12-14-21-24(27(29)30)17(3)25-33-21/h6-15H,4-5,16H2,1-3H3/b14-12+. The zero-order chi connectivity index (χ0) is 23.8. The molecule has 3 rings (SSSR count). The number of carbonyl (C=O) groups is 1. The van der Waals surface area contributed by atoms with Gasteiger partial charge < -0.3 is 18.9 Å². The lowest BCUT2D eigenvalue weighted by Crippen LogP contribution is -2.34. The zero-order valence-corrected chi connectivity index (χ0v) is 18.7. The van der Waals surface area contributed by atoms with Crippen LogP contribution in [0.5, 0.6) is 11.5 Å². The number of para-hydroxylation sites is 1. The molecule has 2 aromatic carbocycles. The Balaban J connectivity index is 1.75. The molecule has 33 heavy (non-hydrogen) atoms. The number of hydrogen-bond donors (Lipinski definition) is 0. The molecule has 9 heteroatoms. The van der Waals surface area contributed by atoms with Gasteiger partial charge in [0.25, 0.3) is 5.91 Å². The highest BCUT2D eigenvalue weighted by Crippen LogP contribution is 2.30. The summed E-state index contributed by atoms with van der Waals surface area (Å²) in [5.41, 5.74) is 1.55. The van der Waals surface area contributed by atoms with E-state index in [4.69, 9.17) is 14.0 Å². The molecule has 0 fully saturated rings. The molecule has 3 aromatic rings. The molecule has 1 amide bonds. The minimum absolute atomic E-state index is 0.0574. The Bertz CT molecular complexity index is 1140. The second-order valence-corrected chi connectivity index (χ2v) is 6.97. The van der Waals surface area contributed by atoms with Crippen molar-refractivity contribution in [1.29, 1.82) is 0 Å². The molecule has 9 nitrogen and oxygen atoms in total. The van der Waals surface area contributed by atoms with Crippen LogP contribution in [0.4, 0.5) is 11.4 Å². The summed E-state index contributed by atoms with van der Waals surface area (Å²) in [5.74, 6) is 0.761. The summed E-state index contributed by atoms with van der Waals surface area (Å²) in [6.07, 6.45) is 3.13. The number of nitrogens with zero attached hydrogens (tertiary/aromatic N) is 3. The highest BCUT2D eigenvalue weighted by atomic mass is 16.6. The van der Waals surface area contributed by atoms with Gasteiger partial charge in [-0.15, -0.1) is 0 Å². The smallest absolute Gasteiger partial charge is 0.338 e. The summed E-state index contributed by atoms with van der Waals surface area (Å²) in [5, 5.41) is 14.8. The second kappa shape index (κ2) is 10.9. The van der Waals surface area contributed by atoms with Gasteiger partial charge in [0.15, 0.2) is 23.8 Å². The molecular weight excluding hydrogens is 426 g/mol. The number of nitro groups is 1. The number of carbonyl (C=O) groups excluding carboxylic acids is 1. The fourth-order valence-electron chi connectivity index (χ4n) is 3.23. The van der Waals surface area contributed by atoms with Crippen molar-refractivity contribution in [3.8, 4) is 11.5 Å². The lowest BCUT2D eigenvalue weighted by molar-refractivity contribution is -0.386. The van der Waals surface area contributed by atoms with Crippen LogP contribution in [0.1, 0.15) is 30.9 Å². The van der Waals surface area contributed by atoms with E-state index < -0.39 is 4.92 Å². The lowest BCUT2D eigenvalue weighted by atomic mass is 10.1. The maximum Gasteiger partial charge on any atom is 0.338 e. The number of anilines is 1. The van der Waals surface area contributed by atoms with Gasteiger partial charge in [0.1, 0.15) is 0 Å². The minimum Gasteiger partial charge on any atom is -0.490 e. The van der Waals surface area contributed by atoms with Crippen molar-refractivity contribution in [2.75, 3.05) is 24.7 Å². The van der Waals surface area contributed by atoms with Gasteiger partial charge in [0.2, 0.25) is 5.76 Å². The van der Waals surface area contributed by atoms with E-state index in [9.17, 15) is 14.9 Å². The SMILES string of the molecule is CCOc1cc(/C=C/c2onc(C)c2[N+](=O)[O-])ccc1OCC(=O)N(CC)c1ccccc1. The number of ether oxygens (including phenoxy) is 2. The van der Waals surface area contributed by atoms with E-state index in [1.54, 1.807) is 29.2 Å². The molecule has 1 aromatic heterocycles. The maximum absolute atomic E-state index is 12.7. The van der Waals surface area contributed by atoms with Gasteiger partial charge in [0, 0.05) is 12.2 Å². The van der Waals surface area contributed by atoms with Crippen LogP contribution < -0.4 is 14.4 Å². The maximum atomic E-state index is 12.7. The number of rotatable bonds is 10. The largest absolute Gasteiger partial charge is 0.490 e. The first-order chi connectivity index (χ1) is 15.9. The third-order valence-electron chi connectivity index (χ3n) is 4.77. The monoisotopic (exact) mass is 451 g/mol. The molecule has 0 aliphatic heterocycles. The average molecular weight is 451 g/mol. The molecule has 0 saturated heterocycles. The fraction of sp³-hybridized carbons (Fsp3) is 0.250. The first-order valence-corrected chi connectivity index (χ1v) is 10.5. The van der Waals surface area contributed by atoms with Crippen molar-refractivity contribution < 1.29 is 23.7 Å². The van der Waals surface area contributed by atoms with Gasteiger partial charge in [-0.05, 0) is 56.7 Å². The average Bonchev–Trinajstić information content (AvgIpc) is 3.19. The highest BCUT2D eigenvalue weighted by Gasteiger charge is 2.22. The van der Waals surface area contributed by atoms with Gasteiger partial charge in [-0.2, -0.15) is 0 Å². The predicted octanol–water partition coefficient (Wildman–Crippen LogP) is 4.89. The van der Waals surface area contributed by atoms with Crippen LogP contribution in [0.3, 0.4) is 0 Å².